The van der Waals surface area contributed by atoms with Crippen molar-refractivity contribution in [3.8, 4) is 0 Å². The van der Waals surface area contributed by atoms with Gasteiger partial charge in [0.15, 0.2) is 0 Å². The predicted octanol–water partition coefficient (Wildman–Crippen LogP) is 1.67. The fraction of sp³-hybridized carbons (Fsp3) is 0.538. The van der Waals surface area contributed by atoms with E-state index < -0.39 is 11.9 Å². The highest BCUT2D eigenvalue weighted by atomic mass is 16.5. The van der Waals surface area contributed by atoms with E-state index >= 15 is 0 Å². The Kier molecular flexibility index (Phi) is 5.09. The monoisotopic (exact) mass is 252 g/mol. The minimum Gasteiger partial charge on any atom is -0.462 e. The molecule has 1 aliphatic heterocycles. The number of esters is 2. The van der Waals surface area contributed by atoms with E-state index in [1.807, 2.05) is 0 Å². The van der Waals surface area contributed by atoms with Crippen molar-refractivity contribution in [1.82, 2.24) is 5.32 Å². The molecule has 1 aliphatic rings. The maximum Gasteiger partial charge on any atom is 0.340 e. The van der Waals surface area contributed by atoms with Crippen LogP contribution in [0.25, 0.3) is 0 Å². The number of hydrogen-bond acceptors (Lipinski definition) is 4. The van der Waals surface area contributed by atoms with E-state index in [9.17, 15) is 9.59 Å². The minimum atomic E-state index is -0.423. The number of ether oxygens (including phenoxy) is 2. The molecule has 0 aromatic heterocycles. The number of carbonyl (C=O) groups is 2. The third-order valence-electron chi connectivity index (χ3n) is 2.61. The first-order valence-corrected chi connectivity index (χ1v) is 5.96. The Hall–Kier alpha value is -1.62. The standard InChI is InChI=1S/C13H18NO4/c1-5-17-12(15)10-7-11(13(16)18-6-2)9(4)14-8(10)3/h5-7H2,1-4H3/q+1. The molecular weight excluding hydrogens is 234 g/mol. The van der Waals surface area contributed by atoms with E-state index in [-0.39, 0.29) is 6.42 Å². The lowest BCUT2D eigenvalue weighted by Crippen LogP contribution is -2.23. The second kappa shape index (κ2) is 6.35. The maximum atomic E-state index is 11.7. The predicted molar refractivity (Wildman–Crippen MR) is 65.4 cm³/mol. The molecule has 0 N–H and O–H groups in total. The smallest absolute Gasteiger partial charge is 0.340 e. The average Bonchev–Trinajstić information content (AvgIpc) is 2.29. The fourth-order valence-electron chi connectivity index (χ4n) is 1.70. The lowest BCUT2D eigenvalue weighted by Gasteiger charge is -2.12. The average molecular weight is 252 g/mol. The van der Waals surface area contributed by atoms with Gasteiger partial charge in [0.2, 0.25) is 11.4 Å². The molecule has 2 radical (unpaired) electrons. The van der Waals surface area contributed by atoms with E-state index in [1.54, 1.807) is 27.7 Å². The van der Waals surface area contributed by atoms with E-state index in [0.29, 0.717) is 35.8 Å². The molecule has 0 atom stereocenters. The molecule has 0 unspecified atom stereocenters. The highest BCUT2D eigenvalue weighted by Gasteiger charge is 2.36. The van der Waals surface area contributed by atoms with Crippen molar-refractivity contribution in [3.63, 3.8) is 0 Å². The molecule has 0 aliphatic carbocycles. The topological polar surface area (TPSA) is 66.7 Å². The van der Waals surface area contributed by atoms with Crippen LogP contribution < -0.4 is 5.32 Å². The Morgan fingerprint density at radius 1 is 1.00 bits per heavy atom. The van der Waals surface area contributed by atoms with Crippen LogP contribution in [-0.4, -0.2) is 25.2 Å². The fourth-order valence-corrected chi connectivity index (χ4v) is 1.70. The van der Waals surface area contributed by atoms with Gasteiger partial charge in [-0.15, -0.1) is 0 Å². The Morgan fingerprint density at radius 3 is 1.72 bits per heavy atom. The zero-order valence-corrected chi connectivity index (χ0v) is 11.2. The van der Waals surface area contributed by atoms with Crippen LogP contribution in [0.2, 0.25) is 0 Å². The Labute approximate surface area is 107 Å². The van der Waals surface area contributed by atoms with Crippen LogP contribution in [0.4, 0.5) is 0 Å². The minimum absolute atomic E-state index is 0.221. The third kappa shape index (κ3) is 3.20. The van der Waals surface area contributed by atoms with E-state index in [2.05, 4.69) is 5.32 Å². The molecule has 1 rings (SSSR count). The zero-order valence-electron chi connectivity index (χ0n) is 11.2. The van der Waals surface area contributed by atoms with Crippen molar-refractivity contribution < 1.29 is 19.1 Å². The van der Waals surface area contributed by atoms with Gasteiger partial charge in [-0.2, -0.15) is 0 Å². The van der Waals surface area contributed by atoms with Gasteiger partial charge in [-0.25, -0.2) is 9.59 Å². The normalized spacial score (nSPS) is 15.8. The number of nitrogens with zero attached hydrogens (tertiary/aromatic N) is 1. The number of hydrogen-bond donors (Lipinski definition) is 0. The molecule has 18 heavy (non-hydrogen) atoms. The summed E-state index contributed by atoms with van der Waals surface area (Å²) in [5.41, 5.74) is 2.04. The van der Waals surface area contributed by atoms with Crippen molar-refractivity contribution in [2.45, 2.75) is 34.1 Å². The summed E-state index contributed by atoms with van der Waals surface area (Å²) < 4.78 is 9.89. The molecule has 0 saturated carbocycles. The van der Waals surface area contributed by atoms with E-state index in [0.717, 1.165) is 0 Å². The molecule has 0 saturated heterocycles. The van der Waals surface area contributed by atoms with Crippen molar-refractivity contribution in [2.75, 3.05) is 13.2 Å². The molecule has 5 heteroatoms. The third-order valence-corrected chi connectivity index (χ3v) is 2.61. The van der Waals surface area contributed by atoms with Gasteiger partial charge < -0.3 is 9.47 Å². The van der Waals surface area contributed by atoms with Gasteiger partial charge in [-0.1, -0.05) is 0 Å². The first-order valence-electron chi connectivity index (χ1n) is 5.96. The lowest BCUT2D eigenvalue weighted by atomic mass is 9.98. The molecule has 0 spiro atoms. The van der Waals surface area contributed by atoms with Crippen LogP contribution in [0.1, 0.15) is 34.1 Å². The van der Waals surface area contributed by atoms with Crippen LogP contribution in [0.5, 0.6) is 0 Å². The summed E-state index contributed by atoms with van der Waals surface area (Å²) >= 11 is 0. The van der Waals surface area contributed by atoms with Crippen molar-refractivity contribution in [2.24, 2.45) is 0 Å². The van der Waals surface area contributed by atoms with Crippen LogP contribution >= 0.6 is 0 Å². The summed E-state index contributed by atoms with van der Waals surface area (Å²) in [4.78, 5) is 23.5. The molecule has 0 aromatic carbocycles. The molecule has 0 amide bonds. The van der Waals surface area contributed by atoms with E-state index in [1.165, 1.54) is 0 Å². The second-order valence-electron chi connectivity index (χ2n) is 3.86. The van der Waals surface area contributed by atoms with Gasteiger partial charge in [0, 0.05) is 20.3 Å². The molecule has 5 nitrogen and oxygen atoms in total. The highest BCUT2D eigenvalue weighted by molar-refractivity contribution is 5.96. The number of allylic oxidation sites excluding steroid dienone is 2. The zero-order chi connectivity index (χ0) is 13.7. The quantitative estimate of drug-likeness (QED) is 0.714. The van der Waals surface area contributed by atoms with Crippen molar-refractivity contribution in [3.05, 3.63) is 22.5 Å². The second-order valence-corrected chi connectivity index (χ2v) is 3.86. The Morgan fingerprint density at radius 2 is 1.39 bits per heavy atom. The van der Waals surface area contributed by atoms with Gasteiger partial charge in [0.25, 0.3) is 0 Å². The van der Waals surface area contributed by atoms with E-state index in [4.69, 9.17) is 9.47 Å². The summed E-state index contributed by atoms with van der Waals surface area (Å²) in [6.45, 7) is 7.54. The Bertz CT molecular complexity index is 383. The summed E-state index contributed by atoms with van der Waals surface area (Å²) in [5, 5.41) is 4.21. The van der Waals surface area contributed by atoms with Gasteiger partial charge in [-0.3, -0.25) is 0 Å². The maximum absolute atomic E-state index is 11.7. The van der Waals surface area contributed by atoms with Crippen molar-refractivity contribution >= 4 is 11.9 Å². The molecule has 0 fully saturated rings. The molecule has 0 aromatic rings. The lowest BCUT2D eigenvalue weighted by molar-refractivity contribution is -0.139. The number of rotatable bonds is 4. The van der Waals surface area contributed by atoms with Crippen LogP contribution in [0.15, 0.2) is 22.5 Å². The molecule has 0 bridgehead atoms. The van der Waals surface area contributed by atoms with Gasteiger partial charge >= 0.3 is 11.9 Å². The Balaban J connectivity index is 2.89. The van der Waals surface area contributed by atoms with Crippen LogP contribution in [0.3, 0.4) is 0 Å². The summed E-state index contributed by atoms with van der Waals surface area (Å²) in [5.74, 6) is -0.846. The molecular formula is C13H18NO4+. The van der Waals surface area contributed by atoms with Crippen molar-refractivity contribution in [1.29, 1.82) is 0 Å². The molecule has 1 heterocycles. The first-order chi connectivity index (χ1) is 8.51. The van der Waals surface area contributed by atoms with Gasteiger partial charge in [0.05, 0.1) is 13.2 Å². The highest BCUT2D eigenvalue weighted by Crippen LogP contribution is 2.25. The van der Waals surface area contributed by atoms with Gasteiger partial charge in [-0.05, 0) is 13.8 Å². The summed E-state index contributed by atoms with van der Waals surface area (Å²) in [6, 6.07) is 0. The summed E-state index contributed by atoms with van der Waals surface area (Å²) in [6.07, 6.45) is 0.221. The summed E-state index contributed by atoms with van der Waals surface area (Å²) in [7, 11) is 0. The largest absolute Gasteiger partial charge is 0.462 e. The van der Waals surface area contributed by atoms with Crippen LogP contribution in [-0.2, 0) is 19.1 Å². The van der Waals surface area contributed by atoms with Gasteiger partial charge in [0.1, 0.15) is 16.5 Å². The SMILES string of the molecule is CCOC(=O)C1=C(C)[N+]C(C)=C(C(=O)OCC)C1. The number of carbonyl (C=O) groups excluding carboxylic acids is 2. The first kappa shape index (κ1) is 14.4. The molecule has 98 valence electrons. The van der Waals surface area contributed by atoms with Crippen LogP contribution in [0, 0.1) is 0 Å².